The number of aromatic amines is 1. The SMILES string of the molecule is CCCC[C@H](NC(C)=O)C(=O)N[C@H]1CC(=O)NCCCC[C@@H](C(=O)O)NC(=O)[C@H](Cc2c[nH]c3ccccc23)NC(=O)[C@H](CCCN=C(N)N)NC(=O)[C@H]2Cc3ccccc3CN2C(=O)[C@@H]2Cc3ccccc3CN2C1=O. The molecule has 0 bridgehead atoms. The van der Waals surface area contributed by atoms with Gasteiger partial charge < -0.3 is 63.3 Å². The molecule has 4 aromatic rings. The number of aromatic nitrogens is 1. The number of carboxylic acid groups (broad SMARTS) is 1. The van der Waals surface area contributed by atoms with E-state index in [-0.39, 0.29) is 89.9 Å². The standard InChI is InChI=1S/C55H70N12O10/c1-3-4-19-40(61-32(2)68)48(70)65-44-28-47(69)58-23-12-11-21-42(54(76)77)63-50(72)43(25-37-29-60-39-20-10-9-18-38(37)39)64-49(71)41(22-13-24-59-55(56)57)62-51(73)45-26-33-14-5-7-16-35(33)30-66(45)53(75)46-27-34-15-6-8-17-36(34)31-67(46)52(44)74/h5-10,14-18,20,29,40-46,60H,3-4,11-13,19,21-28,30-31H2,1-2H3,(H,58,69)(H,61,68)(H,62,73)(H,63,72)(H,64,71)(H,65,70)(H,76,77)(H4,56,57,59)/t40-,41-,42-,43-,44-,45+,46-/m0/s1. The molecule has 1 aromatic heterocycles. The van der Waals surface area contributed by atoms with Crippen molar-refractivity contribution < 1.29 is 48.3 Å². The molecule has 3 aliphatic rings. The van der Waals surface area contributed by atoms with Gasteiger partial charge in [-0.2, -0.15) is 0 Å². The molecule has 22 heteroatoms. The smallest absolute Gasteiger partial charge is 0.326 e. The molecule has 3 aliphatic heterocycles. The van der Waals surface area contributed by atoms with Gasteiger partial charge in [0.2, 0.25) is 47.3 Å². The first-order chi connectivity index (χ1) is 37.0. The van der Waals surface area contributed by atoms with Crippen molar-refractivity contribution in [2.45, 2.75) is 146 Å². The van der Waals surface area contributed by atoms with Crippen LogP contribution in [0.4, 0.5) is 0 Å². The molecule has 77 heavy (non-hydrogen) atoms. The van der Waals surface area contributed by atoms with Crippen LogP contribution < -0.4 is 43.4 Å². The van der Waals surface area contributed by atoms with E-state index in [2.05, 4.69) is 41.9 Å². The van der Waals surface area contributed by atoms with Gasteiger partial charge in [-0.25, -0.2) is 4.79 Å². The second-order valence-corrected chi connectivity index (χ2v) is 20.0. The maximum Gasteiger partial charge on any atom is 0.326 e. The van der Waals surface area contributed by atoms with Crippen molar-refractivity contribution in [3.05, 3.63) is 107 Å². The Morgan fingerprint density at radius 3 is 2.04 bits per heavy atom. The summed E-state index contributed by atoms with van der Waals surface area (Å²) in [5.74, 6) is -7.00. The third-order valence-electron chi connectivity index (χ3n) is 14.4. The zero-order valence-electron chi connectivity index (χ0n) is 43.5. The van der Waals surface area contributed by atoms with Crippen LogP contribution in [-0.2, 0) is 75.5 Å². The van der Waals surface area contributed by atoms with E-state index in [1.165, 1.54) is 16.7 Å². The molecular weight excluding hydrogens is 989 g/mol. The molecule has 3 aromatic carbocycles. The third-order valence-corrected chi connectivity index (χ3v) is 14.4. The number of unbranched alkanes of at least 4 members (excludes halogenated alkanes) is 1. The predicted molar refractivity (Wildman–Crippen MR) is 285 cm³/mol. The zero-order valence-corrected chi connectivity index (χ0v) is 43.5. The average Bonchev–Trinajstić information content (AvgIpc) is 3.82. The van der Waals surface area contributed by atoms with E-state index in [0.717, 1.165) is 33.2 Å². The molecule has 0 spiro atoms. The molecule has 0 unspecified atom stereocenters. The third kappa shape index (κ3) is 14.8. The molecule has 0 aliphatic carbocycles. The number of nitrogens with zero attached hydrogens (tertiary/aromatic N) is 3. The Hall–Kier alpha value is -8.30. The Labute approximate surface area is 446 Å². The van der Waals surface area contributed by atoms with Crippen molar-refractivity contribution in [3.63, 3.8) is 0 Å². The summed E-state index contributed by atoms with van der Waals surface area (Å²) in [6, 6.07) is 12.7. The largest absolute Gasteiger partial charge is 0.480 e. The summed E-state index contributed by atoms with van der Waals surface area (Å²) < 4.78 is 0. The predicted octanol–water partition coefficient (Wildman–Crippen LogP) is 1.08. The number of aliphatic imine (C=N–C) groups is 1. The number of H-pyrrole nitrogens is 1. The number of carboxylic acids is 1. The number of hydrogen-bond acceptors (Lipinski definition) is 10. The number of para-hydroxylation sites is 1. The highest BCUT2D eigenvalue weighted by atomic mass is 16.4. The molecule has 0 radical (unpaired) electrons. The van der Waals surface area contributed by atoms with E-state index in [9.17, 15) is 33.9 Å². The van der Waals surface area contributed by atoms with Crippen molar-refractivity contribution in [1.29, 1.82) is 0 Å². The van der Waals surface area contributed by atoms with Crippen LogP contribution >= 0.6 is 0 Å². The minimum Gasteiger partial charge on any atom is -0.480 e. The summed E-state index contributed by atoms with van der Waals surface area (Å²) in [5, 5.41) is 27.6. The van der Waals surface area contributed by atoms with Crippen molar-refractivity contribution >= 4 is 70.1 Å². The fourth-order valence-electron chi connectivity index (χ4n) is 10.3. The molecule has 1 fully saturated rings. The number of hydrogen-bond donors (Lipinski definition) is 10. The van der Waals surface area contributed by atoms with Crippen molar-refractivity contribution in [2.24, 2.45) is 16.5 Å². The van der Waals surface area contributed by atoms with Gasteiger partial charge in [-0.3, -0.25) is 43.3 Å². The van der Waals surface area contributed by atoms with Gasteiger partial charge in [0.05, 0.1) is 6.42 Å². The minimum absolute atomic E-state index is 0.0106. The van der Waals surface area contributed by atoms with Crippen LogP contribution in [0.25, 0.3) is 10.9 Å². The molecular formula is C55H70N12O10. The van der Waals surface area contributed by atoms with Crippen LogP contribution in [0, 0.1) is 0 Å². The molecule has 410 valence electrons. The van der Waals surface area contributed by atoms with E-state index in [0.29, 0.717) is 18.4 Å². The van der Waals surface area contributed by atoms with E-state index < -0.39 is 102 Å². The number of rotatable bonds is 13. The Morgan fingerprint density at radius 1 is 0.753 bits per heavy atom. The fraction of sp³-hybridized carbons (Fsp3) is 0.455. The first kappa shape index (κ1) is 56.4. The lowest BCUT2D eigenvalue weighted by molar-refractivity contribution is -0.153. The van der Waals surface area contributed by atoms with Crippen molar-refractivity contribution in [1.82, 2.24) is 46.7 Å². The van der Waals surface area contributed by atoms with E-state index >= 15 is 14.4 Å². The maximum absolute atomic E-state index is 15.6. The monoisotopic (exact) mass is 1060 g/mol. The lowest BCUT2D eigenvalue weighted by atomic mass is 9.89. The van der Waals surface area contributed by atoms with Crippen LogP contribution in [0.1, 0.15) is 99.5 Å². The van der Waals surface area contributed by atoms with Crippen LogP contribution in [0.3, 0.4) is 0 Å². The number of nitrogens with one attached hydrogen (secondary N) is 7. The quantitative estimate of drug-likeness (QED) is 0.0511. The van der Waals surface area contributed by atoms with E-state index in [1.54, 1.807) is 18.3 Å². The second-order valence-electron chi connectivity index (χ2n) is 20.0. The lowest BCUT2D eigenvalue weighted by Crippen LogP contribution is -2.63. The number of amides is 8. The summed E-state index contributed by atoms with van der Waals surface area (Å²) in [6.07, 6.45) is 3.11. The van der Waals surface area contributed by atoms with Crippen LogP contribution in [0.15, 0.2) is 84.0 Å². The number of nitrogens with two attached hydrogens (primary N) is 2. The van der Waals surface area contributed by atoms with Crippen LogP contribution in [0.2, 0.25) is 0 Å². The average molecular weight is 1060 g/mol. The van der Waals surface area contributed by atoms with E-state index in [1.807, 2.05) is 67.6 Å². The summed E-state index contributed by atoms with van der Waals surface area (Å²) in [4.78, 5) is 138. The first-order valence-corrected chi connectivity index (χ1v) is 26.3. The summed E-state index contributed by atoms with van der Waals surface area (Å²) in [6.45, 7) is 3.13. The highest BCUT2D eigenvalue weighted by Crippen LogP contribution is 2.31. The van der Waals surface area contributed by atoms with Crippen molar-refractivity contribution in [3.8, 4) is 0 Å². The first-order valence-electron chi connectivity index (χ1n) is 26.3. The van der Waals surface area contributed by atoms with Gasteiger partial charge in [-0.15, -0.1) is 0 Å². The molecule has 12 N–H and O–H groups in total. The molecule has 22 nitrogen and oxygen atoms in total. The minimum atomic E-state index is -1.54. The Morgan fingerprint density at radius 2 is 1.38 bits per heavy atom. The Kier molecular flexibility index (Phi) is 19.4. The fourth-order valence-corrected chi connectivity index (χ4v) is 10.3. The number of carbonyl (C=O) groups excluding carboxylic acids is 8. The second kappa shape index (κ2) is 26.5. The molecule has 4 heterocycles. The number of benzene rings is 3. The summed E-state index contributed by atoms with van der Waals surface area (Å²) >= 11 is 0. The molecule has 8 amide bonds. The van der Waals surface area contributed by atoms with Gasteiger partial charge in [0, 0.05) is 69.5 Å². The highest BCUT2D eigenvalue weighted by molar-refractivity contribution is 5.99. The van der Waals surface area contributed by atoms with E-state index in [4.69, 9.17) is 11.5 Å². The maximum atomic E-state index is 15.6. The molecule has 7 rings (SSSR count). The van der Waals surface area contributed by atoms with Crippen molar-refractivity contribution in [2.75, 3.05) is 13.1 Å². The number of aliphatic carboxylic acids is 1. The topological polar surface area (TPSA) is 333 Å². The molecule has 0 saturated carbocycles. The van der Waals surface area contributed by atoms with Gasteiger partial charge in [0.15, 0.2) is 5.96 Å². The highest BCUT2D eigenvalue weighted by Gasteiger charge is 2.45. The zero-order chi connectivity index (χ0) is 55.2. The Balaban J connectivity index is 1.29. The number of fused-ring (bicyclic) bond motifs is 5. The number of carbonyl (C=O) groups is 9. The normalized spacial score (nSPS) is 22.3. The van der Waals surface area contributed by atoms with Crippen LogP contribution in [-0.4, -0.2) is 134 Å². The summed E-state index contributed by atoms with van der Waals surface area (Å²) in [7, 11) is 0. The van der Waals surface area contributed by atoms with Crippen LogP contribution in [0.5, 0.6) is 0 Å². The van der Waals surface area contributed by atoms with Gasteiger partial charge in [0.25, 0.3) is 0 Å². The van der Waals surface area contributed by atoms with Gasteiger partial charge in [-0.1, -0.05) is 86.5 Å². The summed E-state index contributed by atoms with van der Waals surface area (Å²) in [5.41, 5.74) is 15.7. The van der Waals surface area contributed by atoms with Gasteiger partial charge >= 0.3 is 5.97 Å². The molecule has 1 saturated heterocycles. The Bertz CT molecular complexity index is 2860. The molecule has 7 atom stereocenters. The van der Waals surface area contributed by atoms with Gasteiger partial charge in [-0.05, 0) is 72.4 Å². The van der Waals surface area contributed by atoms with Gasteiger partial charge in [0.1, 0.15) is 42.3 Å². The number of guanidine groups is 1. The lowest BCUT2D eigenvalue weighted by Gasteiger charge is -2.43.